The van der Waals surface area contributed by atoms with Crippen LogP contribution in [0.1, 0.15) is 0 Å². The van der Waals surface area contributed by atoms with Gasteiger partial charge in [0, 0.05) is 0 Å². The fourth-order valence-electron chi connectivity index (χ4n) is 0.953. The number of urea groups is 1. The molecular formula is C7H5FN4OS. The first-order valence-electron chi connectivity index (χ1n) is 3.65. The van der Waals surface area contributed by atoms with Crippen LogP contribution in [-0.4, -0.2) is 16.0 Å². The predicted molar refractivity (Wildman–Crippen MR) is 50.6 cm³/mol. The van der Waals surface area contributed by atoms with Crippen molar-refractivity contribution in [1.82, 2.24) is 9.97 Å². The second-order valence-electron chi connectivity index (χ2n) is 2.47. The summed E-state index contributed by atoms with van der Waals surface area (Å²) >= 11 is 1.07. The molecule has 0 saturated carbocycles. The number of nitrogens with two attached hydrogens (primary N) is 1. The first-order chi connectivity index (χ1) is 6.65. The highest BCUT2D eigenvalue weighted by atomic mass is 32.1. The van der Waals surface area contributed by atoms with Crippen LogP contribution in [0.5, 0.6) is 0 Å². The Morgan fingerprint density at radius 1 is 1.50 bits per heavy atom. The second-order valence-corrected chi connectivity index (χ2v) is 3.44. The lowest BCUT2D eigenvalue weighted by atomic mass is 10.4. The van der Waals surface area contributed by atoms with E-state index >= 15 is 0 Å². The SMILES string of the molecule is NC(=O)Nc1nc2ccc(F)nc2s1. The van der Waals surface area contributed by atoms with Gasteiger partial charge in [0.1, 0.15) is 10.3 Å². The molecular weight excluding hydrogens is 207 g/mol. The molecule has 2 aromatic heterocycles. The van der Waals surface area contributed by atoms with Crippen LogP contribution >= 0.6 is 11.3 Å². The maximum Gasteiger partial charge on any atom is 0.318 e. The molecule has 72 valence electrons. The number of amides is 2. The molecule has 3 N–H and O–H groups in total. The minimum absolute atomic E-state index is 0.311. The van der Waals surface area contributed by atoms with Crippen LogP contribution in [0.4, 0.5) is 14.3 Å². The molecule has 2 heterocycles. The van der Waals surface area contributed by atoms with E-state index in [0.29, 0.717) is 15.5 Å². The number of fused-ring (bicyclic) bond motifs is 1. The van der Waals surface area contributed by atoms with Gasteiger partial charge in [-0.05, 0) is 12.1 Å². The Bertz CT molecular complexity index is 497. The summed E-state index contributed by atoms with van der Waals surface area (Å²) in [6.07, 6.45) is 0. The Labute approximate surface area is 81.8 Å². The first-order valence-corrected chi connectivity index (χ1v) is 4.46. The fourth-order valence-corrected chi connectivity index (χ4v) is 1.78. The molecule has 2 amide bonds. The lowest BCUT2D eigenvalue weighted by Crippen LogP contribution is -2.18. The second kappa shape index (κ2) is 3.18. The molecule has 2 aromatic rings. The molecule has 0 aliphatic heterocycles. The van der Waals surface area contributed by atoms with Crippen molar-refractivity contribution in [3.63, 3.8) is 0 Å². The number of rotatable bonds is 1. The van der Waals surface area contributed by atoms with Gasteiger partial charge >= 0.3 is 6.03 Å². The van der Waals surface area contributed by atoms with Gasteiger partial charge < -0.3 is 5.73 Å². The number of nitrogens with one attached hydrogen (secondary N) is 1. The van der Waals surface area contributed by atoms with Gasteiger partial charge in [-0.15, -0.1) is 0 Å². The number of primary amides is 1. The summed E-state index contributed by atoms with van der Waals surface area (Å²) in [5.41, 5.74) is 5.43. The quantitative estimate of drug-likeness (QED) is 0.699. The van der Waals surface area contributed by atoms with Crippen molar-refractivity contribution in [2.75, 3.05) is 5.32 Å². The van der Waals surface area contributed by atoms with Crippen molar-refractivity contribution in [2.24, 2.45) is 5.73 Å². The van der Waals surface area contributed by atoms with E-state index in [2.05, 4.69) is 15.3 Å². The first kappa shape index (κ1) is 8.82. The summed E-state index contributed by atoms with van der Waals surface area (Å²) in [4.78, 5) is 18.5. The molecule has 0 saturated heterocycles. The Kier molecular flexibility index (Phi) is 2.01. The Morgan fingerprint density at radius 2 is 2.29 bits per heavy atom. The van der Waals surface area contributed by atoms with Crippen LogP contribution < -0.4 is 11.1 Å². The number of thiazole rings is 1. The number of hydrogen-bond donors (Lipinski definition) is 2. The molecule has 14 heavy (non-hydrogen) atoms. The number of halogens is 1. The zero-order valence-electron chi connectivity index (χ0n) is 6.82. The lowest BCUT2D eigenvalue weighted by molar-refractivity contribution is 0.259. The Hall–Kier alpha value is -1.76. The smallest absolute Gasteiger partial charge is 0.318 e. The Morgan fingerprint density at radius 3 is 3.00 bits per heavy atom. The number of carbonyl (C=O) groups is 1. The van der Waals surface area contributed by atoms with Gasteiger partial charge in [0.05, 0.1) is 0 Å². The summed E-state index contributed by atoms with van der Waals surface area (Å²) in [6, 6.07) is 1.99. The molecule has 0 spiro atoms. The molecule has 5 nitrogen and oxygen atoms in total. The molecule has 0 aliphatic rings. The van der Waals surface area contributed by atoms with E-state index in [1.165, 1.54) is 12.1 Å². The molecule has 0 radical (unpaired) electrons. The van der Waals surface area contributed by atoms with Gasteiger partial charge in [0.15, 0.2) is 5.13 Å². The van der Waals surface area contributed by atoms with E-state index in [-0.39, 0.29) is 0 Å². The van der Waals surface area contributed by atoms with Gasteiger partial charge in [0.25, 0.3) is 0 Å². The maximum absolute atomic E-state index is 12.7. The average Bonchev–Trinajstić information content (AvgIpc) is 2.44. The molecule has 0 unspecified atom stereocenters. The largest absolute Gasteiger partial charge is 0.351 e. The van der Waals surface area contributed by atoms with Gasteiger partial charge in [-0.3, -0.25) is 5.32 Å². The molecule has 2 rings (SSSR count). The predicted octanol–water partition coefficient (Wildman–Crippen LogP) is 1.32. The highest BCUT2D eigenvalue weighted by Gasteiger charge is 2.06. The average molecular weight is 212 g/mol. The third kappa shape index (κ3) is 1.62. The lowest BCUT2D eigenvalue weighted by Gasteiger charge is -1.90. The number of aromatic nitrogens is 2. The molecule has 0 fully saturated rings. The monoisotopic (exact) mass is 212 g/mol. The van der Waals surface area contributed by atoms with E-state index in [1.54, 1.807) is 0 Å². The van der Waals surface area contributed by atoms with Crippen LogP contribution in [0.25, 0.3) is 10.3 Å². The summed E-state index contributed by atoms with van der Waals surface area (Å²) < 4.78 is 12.7. The third-order valence-electron chi connectivity index (χ3n) is 1.45. The summed E-state index contributed by atoms with van der Waals surface area (Å²) in [5, 5.41) is 2.61. The Balaban J connectivity index is 2.46. The maximum atomic E-state index is 12.7. The van der Waals surface area contributed by atoms with Gasteiger partial charge in [-0.2, -0.15) is 4.39 Å². The number of anilines is 1. The molecule has 0 bridgehead atoms. The number of hydrogen-bond acceptors (Lipinski definition) is 4. The van der Waals surface area contributed by atoms with Crippen LogP contribution in [-0.2, 0) is 0 Å². The fraction of sp³-hybridized carbons (Fsp3) is 0. The van der Waals surface area contributed by atoms with Crippen LogP contribution in [0.15, 0.2) is 12.1 Å². The summed E-state index contributed by atoms with van der Waals surface area (Å²) in [5.74, 6) is -0.577. The van der Waals surface area contributed by atoms with Gasteiger partial charge in [0.2, 0.25) is 5.95 Å². The molecule has 7 heteroatoms. The number of nitrogens with zero attached hydrogens (tertiary/aromatic N) is 2. The van der Waals surface area contributed by atoms with Gasteiger partial charge in [-0.25, -0.2) is 14.8 Å². The van der Waals surface area contributed by atoms with Crippen molar-refractivity contribution < 1.29 is 9.18 Å². The van der Waals surface area contributed by atoms with E-state index < -0.39 is 12.0 Å². The topological polar surface area (TPSA) is 80.9 Å². The molecule has 0 aliphatic carbocycles. The third-order valence-corrected chi connectivity index (χ3v) is 2.33. The van der Waals surface area contributed by atoms with E-state index in [4.69, 9.17) is 5.73 Å². The zero-order chi connectivity index (χ0) is 10.1. The zero-order valence-corrected chi connectivity index (χ0v) is 7.64. The van der Waals surface area contributed by atoms with E-state index in [1.807, 2.05) is 0 Å². The van der Waals surface area contributed by atoms with Crippen molar-refractivity contribution in [3.05, 3.63) is 18.1 Å². The highest BCUT2D eigenvalue weighted by Crippen LogP contribution is 2.23. The normalized spacial score (nSPS) is 10.4. The number of pyridine rings is 1. The molecule has 0 atom stereocenters. The van der Waals surface area contributed by atoms with E-state index in [0.717, 1.165) is 11.3 Å². The summed E-state index contributed by atoms with van der Waals surface area (Å²) in [7, 11) is 0. The van der Waals surface area contributed by atoms with E-state index in [9.17, 15) is 9.18 Å². The number of carbonyl (C=O) groups excluding carboxylic acids is 1. The highest BCUT2D eigenvalue weighted by molar-refractivity contribution is 7.21. The summed E-state index contributed by atoms with van der Waals surface area (Å²) in [6.45, 7) is 0. The molecule has 0 aromatic carbocycles. The minimum Gasteiger partial charge on any atom is -0.351 e. The van der Waals surface area contributed by atoms with Crippen LogP contribution in [0.2, 0.25) is 0 Å². The van der Waals surface area contributed by atoms with Crippen molar-refractivity contribution >= 4 is 32.8 Å². The van der Waals surface area contributed by atoms with Crippen molar-refractivity contribution in [2.45, 2.75) is 0 Å². The van der Waals surface area contributed by atoms with Crippen molar-refractivity contribution in [3.8, 4) is 0 Å². The van der Waals surface area contributed by atoms with Gasteiger partial charge in [-0.1, -0.05) is 11.3 Å². The van der Waals surface area contributed by atoms with Crippen LogP contribution in [0, 0.1) is 5.95 Å². The standard InChI is InChI=1S/C7H5FN4OS/c8-4-2-1-3-5(11-4)14-7(10-3)12-6(9)13/h1-2H,(H3,9,10,12,13). The minimum atomic E-state index is -0.704. The van der Waals surface area contributed by atoms with Crippen molar-refractivity contribution in [1.29, 1.82) is 0 Å². The van der Waals surface area contributed by atoms with Crippen LogP contribution in [0.3, 0.4) is 0 Å².